The van der Waals surface area contributed by atoms with Gasteiger partial charge in [0, 0.05) is 6.42 Å². The van der Waals surface area contributed by atoms with Crippen molar-refractivity contribution >= 4 is 5.91 Å². The third-order valence-electron chi connectivity index (χ3n) is 14.4. The van der Waals surface area contributed by atoms with Gasteiger partial charge in [-0.05, 0) is 70.6 Å². The number of rotatable bonds is 58. The number of carbonyl (C=O) groups excluding carboxylic acids is 1. The van der Waals surface area contributed by atoms with E-state index in [-0.39, 0.29) is 12.5 Å². The van der Waals surface area contributed by atoms with Crippen LogP contribution in [0.2, 0.25) is 0 Å². The molecule has 0 heterocycles. The van der Waals surface area contributed by atoms with Crippen molar-refractivity contribution in [2.24, 2.45) is 0 Å². The van der Waals surface area contributed by atoms with Crippen molar-refractivity contribution < 1.29 is 15.0 Å². The molecule has 4 nitrogen and oxygen atoms in total. The lowest BCUT2D eigenvalue weighted by Gasteiger charge is -2.20. The zero-order valence-corrected chi connectivity index (χ0v) is 48.2. The molecule has 3 N–H and O–H groups in total. The molecule has 0 aliphatic heterocycles. The molecule has 0 aromatic rings. The van der Waals surface area contributed by atoms with E-state index in [4.69, 9.17) is 0 Å². The van der Waals surface area contributed by atoms with Crippen molar-refractivity contribution in [1.82, 2.24) is 5.32 Å². The highest BCUT2D eigenvalue weighted by Gasteiger charge is 2.18. The number of aliphatic hydroxyl groups is 2. The molecule has 0 aliphatic carbocycles. The maximum atomic E-state index is 12.5. The van der Waals surface area contributed by atoms with Crippen LogP contribution < -0.4 is 5.32 Å². The predicted molar refractivity (Wildman–Crippen MR) is 322 cm³/mol. The second-order valence-corrected chi connectivity index (χ2v) is 21.5. The fraction of sp³-hybridized carbons (Fsp3) is 0.779. The quantitative estimate of drug-likeness (QED) is 0.0420. The van der Waals surface area contributed by atoms with Crippen molar-refractivity contribution in [2.45, 2.75) is 334 Å². The van der Waals surface area contributed by atoms with Crippen molar-refractivity contribution in [1.29, 1.82) is 0 Å². The van der Waals surface area contributed by atoms with Gasteiger partial charge in [-0.2, -0.15) is 0 Å². The van der Waals surface area contributed by atoms with Crippen molar-refractivity contribution in [2.75, 3.05) is 6.61 Å². The summed E-state index contributed by atoms with van der Waals surface area (Å²) in [6, 6.07) is -0.632. The Balaban J connectivity index is 3.50. The van der Waals surface area contributed by atoms with Crippen LogP contribution in [0.5, 0.6) is 0 Å². The van der Waals surface area contributed by atoms with Gasteiger partial charge >= 0.3 is 0 Å². The molecule has 72 heavy (non-hydrogen) atoms. The van der Waals surface area contributed by atoms with Crippen LogP contribution in [0.4, 0.5) is 0 Å². The Morgan fingerprint density at radius 2 is 0.611 bits per heavy atom. The maximum absolute atomic E-state index is 12.5. The molecule has 0 spiro atoms. The summed E-state index contributed by atoms with van der Waals surface area (Å²) < 4.78 is 0. The largest absolute Gasteiger partial charge is 0.394 e. The number of aliphatic hydroxyl groups excluding tert-OH is 2. The van der Waals surface area contributed by atoms with Gasteiger partial charge in [0.15, 0.2) is 0 Å². The molecule has 0 radical (unpaired) electrons. The average molecular weight is 1000 g/mol. The Morgan fingerprint density at radius 1 is 0.347 bits per heavy atom. The lowest BCUT2D eigenvalue weighted by molar-refractivity contribution is -0.123. The number of nitrogens with one attached hydrogen (secondary N) is 1. The van der Waals surface area contributed by atoms with E-state index in [2.05, 4.69) is 92.1 Å². The Kier molecular flexibility index (Phi) is 60.7. The lowest BCUT2D eigenvalue weighted by Crippen LogP contribution is -2.45. The zero-order valence-electron chi connectivity index (χ0n) is 48.2. The number of unbranched alkanes of at least 4 members (excludes halogenated alkanes) is 39. The Morgan fingerprint density at radius 3 is 0.917 bits per heavy atom. The minimum Gasteiger partial charge on any atom is -0.394 e. The molecule has 2 unspecified atom stereocenters. The lowest BCUT2D eigenvalue weighted by atomic mass is 10.0. The van der Waals surface area contributed by atoms with Gasteiger partial charge in [-0.3, -0.25) is 4.79 Å². The van der Waals surface area contributed by atoms with Crippen LogP contribution >= 0.6 is 0 Å². The minimum absolute atomic E-state index is 0.0681. The van der Waals surface area contributed by atoms with Crippen LogP contribution in [0.3, 0.4) is 0 Å². The molecule has 1 amide bonds. The van der Waals surface area contributed by atoms with E-state index in [1.807, 2.05) is 6.08 Å². The molecule has 4 heteroatoms. The van der Waals surface area contributed by atoms with E-state index >= 15 is 0 Å². The highest BCUT2D eigenvalue weighted by Crippen LogP contribution is 2.18. The van der Waals surface area contributed by atoms with E-state index in [1.165, 1.54) is 238 Å². The molecule has 0 saturated carbocycles. The molecule has 0 aromatic carbocycles. The van der Waals surface area contributed by atoms with Gasteiger partial charge in [-0.1, -0.05) is 330 Å². The van der Waals surface area contributed by atoms with Gasteiger partial charge in [0.25, 0.3) is 0 Å². The first-order valence-corrected chi connectivity index (χ1v) is 31.8. The number of hydrogen-bond acceptors (Lipinski definition) is 3. The summed E-state index contributed by atoms with van der Waals surface area (Å²) in [6.07, 6.45) is 92.0. The number of amides is 1. The van der Waals surface area contributed by atoms with Gasteiger partial charge in [0.1, 0.15) is 0 Å². The van der Waals surface area contributed by atoms with Crippen LogP contribution in [0, 0.1) is 0 Å². The smallest absolute Gasteiger partial charge is 0.220 e. The average Bonchev–Trinajstić information content (AvgIpc) is 3.39. The van der Waals surface area contributed by atoms with Gasteiger partial charge in [0.2, 0.25) is 5.91 Å². The summed E-state index contributed by atoms with van der Waals surface area (Å²) in [5, 5.41) is 23.3. The van der Waals surface area contributed by atoms with Crippen molar-refractivity contribution in [3.8, 4) is 0 Å². The van der Waals surface area contributed by atoms with Crippen LogP contribution in [0.1, 0.15) is 322 Å². The van der Waals surface area contributed by atoms with E-state index in [1.54, 1.807) is 6.08 Å². The molecule has 2 atom stereocenters. The third kappa shape index (κ3) is 58.5. The minimum atomic E-state index is -0.848. The first-order chi connectivity index (χ1) is 35.7. The Labute approximate surface area is 450 Å². The normalized spacial score (nSPS) is 13.3. The third-order valence-corrected chi connectivity index (χ3v) is 14.4. The fourth-order valence-electron chi connectivity index (χ4n) is 9.60. The molecular weight excluding hydrogens is 879 g/mol. The SMILES string of the molecule is CC/C=C\C/C=C\C/C=C\C/C=C\C/C=C\C/C=C\CCCCCCCCCCCCC(=O)NC(CO)C(O)/C=C/CCCCCCCCCCCCCCCCCCCCCCCCCCCCCCC. The van der Waals surface area contributed by atoms with Gasteiger partial charge in [-0.15, -0.1) is 0 Å². The molecule has 0 bridgehead atoms. The van der Waals surface area contributed by atoms with Crippen LogP contribution in [-0.2, 0) is 4.79 Å². The standard InChI is InChI=1S/C68H123NO3/c1-3-5-7-9-11-13-15-17-19-21-23-25-27-29-31-33-34-36-37-39-41-43-45-47-49-51-53-55-57-59-61-63-67(71)66(65-70)69-68(72)64-62-60-58-56-54-52-50-48-46-44-42-40-38-35-32-30-28-26-24-22-20-18-16-14-12-10-8-6-4-2/h6,8,12,14,18,20,24,26,30,32,38,40,61,63,66-67,70-71H,3-5,7,9-11,13,15-17,19,21-23,25,27-29,31,33-37,39,41-60,62,64-65H2,1-2H3,(H,69,72)/b8-6-,14-12-,20-18-,26-24-,32-30-,40-38-,63-61+. The van der Waals surface area contributed by atoms with Gasteiger partial charge in [-0.25, -0.2) is 0 Å². The summed E-state index contributed by atoms with van der Waals surface area (Å²) in [5.41, 5.74) is 0. The van der Waals surface area contributed by atoms with E-state index in [0.717, 1.165) is 64.2 Å². The molecule has 418 valence electrons. The van der Waals surface area contributed by atoms with Crippen LogP contribution in [0.25, 0.3) is 0 Å². The second kappa shape index (κ2) is 62.9. The van der Waals surface area contributed by atoms with Crippen molar-refractivity contribution in [3.05, 3.63) is 85.1 Å². The predicted octanol–water partition coefficient (Wildman–Crippen LogP) is 21.5. The topological polar surface area (TPSA) is 69.6 Å². The molecule has 0 fully saturated rings. The highest BCUT2D eigenvalue weighted by atomic mass is 16.3. The fourth-order valence-corrected chi connectivity index (χ4v) is 9.60. The summed E-state index contributed by atoms with van der Waals surface area (Å²) in [4.78, 5) is 12.5. The maximum Gasteiger partial charge on any atom is 0.220 e. The van der Waals surface area contributed by atoms with Gasteiger partial charge in [0.05, 0.1) is 18.8 Å². The van der Waals surface area contributed by atoms with Crippen molar-refractivity contribution in [3.63, 3.8) is 0 Å². The Bertz CT molecular complexity index is 1270. The first kappa shape index (κ1) is 69.6. The molecule has 0 rings (SSSR count). The summed E-state index contributed by atoms with van der Waals surface area (Å²) in [7, 11) is 0. The first-order valence-electron chi connectivity index (χ1n) is 31.8. The number of carbonyl (C=O) groups is 1. The molecular formula is C68H123NO3. The summed E-state index contributed by atoms with van der Waals surface area (Å²) in [5.74, 6) is -0.0681. The monoisotopic (exact) mass is 1000 g/mol. The zero-order chi connectivity index (χ0) is 52.0. The second-order valence-electron chi connectivity index (χ2n) is 21.5. The van der Waals surface area contributed by atoms with E-state index in [0.29, 0.717) is 6.42 Å². The highest BCUT2D eigenvalue weighted by molar-refractivity contribution is 5.76. The molecule has 0 aromatic heterocycles. The molecule has 0 aliphatic rings. The Hall–Kier alpha value is -2.43. The summed E-state index contributed by atoms with van der Waals surface area (Å²) >= 11 is 0. The number of hydrogen-bond donors (Lipinski definition) is 3. The van der Waals surface area contributed by atoms with Crippen LogP contribution in [-0.4, -0.2) is 34.9 Å². The van der Waals surface area contributed by atoms with E-state index < -0.39 is 12.1 Å². The summed E-state index contributed by atoms with van der Waals surface area (Å²) in [6.45, 7) is 4.22. The van der Waals surface area contributed by atoms with Gasteiger partial charge < -0.3 is 15.5 Å². The van der Waals surface area contributed by atoms with Crippen LogP contribution in [0.15, 0.2) is 85.1 Å². The number of allylic oxidation sites excluding steroid dienone is 13. The molecule has 0 saturated heterocycles. The van der Waals surface area contributed by atoms with E-state index in [9.17, 15) is 15.0 Å².